The molecule has 1 aromatic carbocycles. The van der Waals surface area contributed by atoms with Gasteiger partial charge in [0.2, 0.25) is 5.95 Å². The average Bonchev–Trinajstić information content (AvgIpc) is 3.20. The number of carbonyl (C=O) groups excluding carboxylic acids is 1. The first-order chi connectivity index (χ1) is 14.4. The zero-order valence-corrected chi connectivity index (χ0v) is 18.2. The fourth-order valence-electron chi connectivity index (χ4n) is 3.45. The molecule has 3 N–H and O–H groups in total. The van der Waals surface area contributed by atoms with E-state index < -0.39 is 0 Å². The molecule has 1 amide bonds. The Kier molecular flexibility index (Phi) is 7.33. The highest BCUT2D eigenvalue weighted by atomic mass is 35.5. The lowest BCUT2D eigenvalue weighted by Crippen LogP contribution is -2.34. The summed E-state index contributed by atoms with van der Waals surface area (Å²) in [6.45, 7) is 5.04. The number of hydrogen-bond acceptors (Lipinski definition) is 7. The minimum absolute atomic E-state index is 0.00594. The summed E-state index contributed by atoms with van der Waals surface area (Å²) < 4.78 is 5.19. The monoisotopic (exact) mass is 433 g/mol. The fraction of sp³-hybridized carbons (Fsp3) is 0.476. The average molecular weight is 434 g/mol. The lowest BCUT2D eigenvalue weighted by atomic mass is 10.2. The molecule has 1 unspecified atom stereocenters. The van der Waals surface area contributed by atoms with Crippen LogP contribution in [0.15, 0.2) is 24.4 Å². The summed E-state index contributed by atoms with van der Waals surface area (Å²) in [4.78, 5) is 23.7. The Morgan fingerprint density at radius 3 is 2.90 bits per heavy atom. The Morgan fingerprint density at radius 1 is 1.43 bits per heavy atom. The predicted octanol–water partition coefficient (Wildman–Crippen LogP) is 2.85. The number of rotatable bonds is 8. The quantitative estimate of drug-likeness (QED) is 0.588. The van der Waals surface area contributed by atoms with E-state index >= 15 is 0 Å². The van der Waals surface area contributed by atoms with Gasteiger partial charge in [0.05, 0.1) is 24.8 Å². The van der Waals surface area contributed by atoms with Crippen LogP contribution >= 0.6 is 11.6 Å². The first-order valence-electron chi connectivity index (χ1n) is 10.0. The number of aliphatic hydroxyl groups excluding tert-OH is 1. The largest absolute Gasteiger partial charge is 0.495 e. The van der Waals surface area contributed by atoms with Crippen molar-refractivity contribution in [3.05, 3.63) is 40.5 Å². The van der Waals surface area contributed by atoms with Gasteiger partial charge in [-0.15, -0.1) is 0 Å². The van der Waals surface area contributed by atoms with Crippen molar-refractivity contribution >= 4 is 29.3 Å². The number of methoxy groups -OCH3 is 1. The van der Waals surface area contributed by atoms with Crippen LogP contribution in [0.2, 0.25) is 5.02 Å². The number of nitrogens with zero attached hydrogens (tertiary/aromatic N) is 3. The second-order valence-corrected chi connectivity index (χ2v) is 7.96. The predicted molar refractivity (Wildman–Crippen MR) is 117 cm³/mol. The van der Waals surface area contributed by atoms with E-state index in [2.05, 4.69) is 20.6 Å². The number of aromatic nitrogens is 2. The van der Waals surface area contributed by atoms with E-state index in [1.807, 2.05) is 30.9 Å². The molecule has 1 aliphatic rings. The smallest absolute Gasteiger partial charge is 0.256 e. The van der Waals surface area contributed by atoms with Crippen LogP contribution in [0.1, 0.15) is 42.6 Å². The molecule has 0 bridgehead atoms. The molecule has 1 atom stereocenters. The fourth-order valence-corrected chi connectivity index (χ4v) is 3.73. The molecule has 2 heterocycles. The lowest BCUT2D eigenvalue weighted by molar-refractivity contribution is 0.0943. The highest BCUT2D eigenvalue weighted by Gasteiger charge is 2.27. The summed E-state index contributed by atoms with van der Waals surface area (Å²) in [5.74, 6) is 1.30. The number of benzene rings is 1. The van der Waals surface area contributed by atoms with E-state index in [0.29, 0.717) is 34.6 Å². The van der Waals surface area contributed by atoms with Gasteiger partial charge in [0.15, 0.2) is 0 Å². The molecule has 2 aromatic rings. The normalized spacial score (nSPS) is 16.1. The summed E-state index contributed by atoms with van der Waals surface area (Å²) in [7, 11) is 1.57. The maximum atomic E-state index is 12.7. The van der Waals surface area contributed by atoms with E-state index in [-0.39, 0.29) is 24.6 Å². The van der Waals surface area contributed by atoms with Gasteiger partial charge in [-0.2, -0.15) is 4.98 Å². The standard InChI is InChI=1S/C21H28ClN5O3/c1-13(2)25-20(29)16-11-24-21(27-8-4-5-15(27)12-28)26-19(16)23-10-14-6-7-18(30-3)17(22)9-14/h6-7,9,11,13,15,28H,4-5,8,10,12H2,1-3H3,(H,25,29)(H,23,24,26). The summed E-state index contributed by atoms with van der Waals surface area (Å²) in [5, 5.41) is 16.3. The molecular formula is C21H28ClN5O3. The highest BCUT2D eigenvalue weighted by molar-refractivity contribution is 6.32. The van der Waals surface area contributed by atoms with E-state index in [0.717, 1.165) is 24.9 Å². The van der Waals surface area contributed by atoms with E-state index in [1.54, 1.807) is 13.2 Å². The molecule has 0 saturated carbocycles. The maximum absolute atomic E-state index is 12.7. The Bertz CT molecular complexity index is 893. The van der Waals surface area contributed by atoms with Crippen LogP contribution in [0.5, 0.6) is 5.75 Å². The molecular weight excluding hydrogens is 406 g/mol. The van der Waals surface area contributed by atoms with Crippen molar-refractivity contribution in [2.45, 2.75) is 45.3 Å². The molecule has 162 valence electrons. The van der Waals surface area contributed by atoms with Gasteiger partial charge < -0.3 is 25.4 Å². The number of anilines is 2. The third kappa shape index (κ3) is 5.12. The third-order valence-corrected chi connectivity index (χ3v) is 5.26. The number of nitrogens with one attached hydrogen (secondary N) is 2. The van der Waals surface area contributed by atoms with Crippen molar-refractivity contribution in [3.63, 3.8) is 0 Å². The first kappa shape index (κ1) is 22.1. The molecule has 3 rings (SSSR count). The summed E-state index contributed by atoms with van der Waals surface area (Å²) >= 11 is 6.22. The van der Waals surface area contributed by atoms with Crippen molar-refractivity contribution in [1.29, 1.82) is 0 Å². The minimum atomic E-state index is -0.244. The number of hydrogen-bond donors (Lipinski definition) is 3. The van der Waals surface area contributed by atoms with Crippen LogP contribution < -0.4 is 20.3 Å². The number of halogens is 1. The number of ether oxygens (including phenoxy) is 1. The molecule has 9 heteroatoms. The first-order valence-corrected chi connectivity index (χ1v) is 10.4. The highest BCUT2D eigenvalue weighted by Crippen LogP contribution is 2.27. The van der Waals surface area contributed by atoms with Crippen LogP contribution in [0.3, 0.4) is 0 Å². The van der Waals surface area contributed by atoms with E-state index in [4.69, 9.17) is 16.3 Å². The zero-order valence-electron chi connectivity index (χ0n) is 17.5. The number of carbonyl (C=O) groups is 1. The Labute approximate surface area is 181 Å². The lowest BCUT2D eigenvalue weighted by Gasteiger charge is -2.24. The minimum Gasteiger partial charge on any atom is -0.495 e. The van der Waals surface area contributed by atoms with Gasteiger partial charge in [0, 0.05) is 25.3 Å². The SMILES string of the molecule is COc1ccc(CNc2nc(N3CCCC3CO)ncc2C(=O)NC(C)C)cc1Cl. The maximum Gasteiger partial charge on any atom is 0.256 e. The number of aliphatic hydroxyl groups is 1. The molecule has 1 aliphatic heterocycles. The Morgan fingerprint density at radius 2 is 2.23 bits per heavy atom. The molecule has 1 saturated heterocycles. The van der Waals surface area contributed by atoms with Gasteiger partial charge in [-0.05, 0) is 44.4 Å². The molecule has 1 aromatic heterocycles. The topological polar surface area (TPSA) is 99.6 Å². The van der Waals surface area contributed by atoms with Crippen LogP contribution in [-0.2, 0) is 6.54 Å². The summed E-state index contributed by atoms with van der Waals surface area (Å²) in [5.41, 5.74) is 1.29. The second-order valence-electron chi connectivity index (χ2n) is 7.55. The number of amides is 1. The van der Waals surface area contributed by atoms with Crippen LogP contribution in [-0.4, -0.2) is 53.3 Å². The summed E-state index contributed by atoms with van der Waals surface area (Å²) in [6.07, 6.45) is 3.40. The molecule has 0 radical (unpaired) electrons. The molecule has 0 spiro atoms. The van der Waals surface area contributed by atoms with Gasteiger partial charge >= 0.3 is 0 Å². The van der Waals surface area contributed by atoms with Crippen molar-refractivity contribution < 1.29 is 14.6 Å². The molecule has 30 heavy (non-hydrogen) atoms. The van der Waals surface area contributed by atoms with E-state index in [9.17, 15) is 9.90 Å². The van der Waals surface area contributed by atoms with E-state index in [1.165, 1.54) is 6.20 Å². The van der Waals surface area contributed by atoms with Crippen molar-refractivity contribution in [2.24, 2.45) is 0 Å². The second kappa shape index (κ2) is 9.95. The van der Waals surface area contributed by atoms with Gasteiger partial charge in [0.1, 0.15) is 17.1 Å². The zero-order chi connectivity index (χ0) is 21.7. The summed E-state index contributed by atoms with van der Waals surface area (Å²) in [6, 6.07) is 5.49. The van der Waals surface area contributed by atoms with Crippen LogP contribution in [0, 0.1) is 0 Å². The Balaban J connectivity index is 1.87. The van der Waals surface area contributed by atoms with Gasteiger partial charge in [-0.3, -0.25) is 4.79 Å². The molecule has 8 nitrogen and oxygen atoms in total. The van der Waals surface area contributed by atoms with Gasteiger partial charge in [-0.1, -0.05) is 17.7 Å². The molecule has 0 aliphatic carbocycles. The molecule has 1 fully saturated rings. The van der Waals surface area contributed by atoms with Crippen molar-refractivity contribution in [3.8, 4) is 5.75 Å². The van der Waals surface area contributed by atoms with Gasteiger partial charge in [0.25, 0.3) is 5.91 Å². The van der Waals surface area contributed by atoms with Crippen molar-refractivity contribution in [2.75, 3.05) is 30.5 Å². The third-order valence-electron chi connectivity index (χ3n) is 4.96. The van der Waals surface area contributed by atoms with Crippen LogP contribution in [0.4, 0.5) is 11.8 Å². The van der Waals surface area contributed by atoms with Crippen LogP contribution in [0.25, 0.3) is 0 Å². The van der Waals surface area contributed by atoms with Gasteiger partial charge in [-0.25, -0.2) is 4.98 Å². The van der Waals surface area contributed by atoms with Crippen molar-refractivity contribution in [1.82, 2.24) is 15.3 Å². The Hall–Kier alpha value is -2.58.